The van der Waals surface area contributed by atoms with E-state index >= 15 is 0 Å². The molecular weight excluding hydrogens is 222 g/mol. The summed E-state index contributed by atoms with van der Waals surface area (Å²) < 4.78 is 5.39. The molecule has 1 aromatic carbocycles. The standard InChI is InChI=1S/C13H20ClNO/c1-8-7-12(16-4)11(6-5-9(2)15)10(3)13(8)14/h7,9H,5-6,15H2,1-4H3. The van der Waals surface area contributed by atoms with E-state index in [1.54, 1.807) is 7.11 Å². The molecule has 2 nitrogen and oxygen atoms in total. The molecule has 16 heavy (non-hydrogen) atoms. The zero-order valence-corrected chi connectivity index (χ0v) is 11.2. The van der Waals surface area contributed by atoms with Crippen molar-refractivity contribution >= 4 is 11.6 Å². The lowest BCUT2D eigenvalue weighted by molar-refractivity contribution is 0.407. The van der Waals surface area contributed by atoms with Crippen molar-refractivity contribution in [1.82, 2.24) is 0 Å². The molecule has 0 aliphatic rings. The van der Waals surface area contributed by atoms with Gasteiger partial charge in [-0.05, 0) is 56.4 Å². The summed E-state index contributed by atoms with van der Waals surface area (Å²) in [6.45, 7) is 6.04. The second-order valence-corrected chi connectivity index (χ2v) is 4.71. The van der Waals surface area contributed by atoms with Gasteiger partial charge in [-0.1, -0.05) is 11.6 Å². The SMILES string of the molecule is COc1cc(C)c(Cl)c(C)c1CCC(C)N. The molecule has 0 aliphatic carbocycles. The van der Waals surface area contributed by atoms with Gasteiger partial charge in [-0.2, -0.15) is 0 Å². The molecule has 0 bridgehead atoms. The molecule has 0 aromatic heterocycles. The smallest absolute Gasteiger partial charge is 0.122 e. The second-order valence-electron chi connectivity index (χ2n) is 4.33. The van der Waals surface area contributed by atoms with E-state index in [1.807, 2.05) is 26.8 Å². The molecule has 0 heterocycles. The van der Waals surface area contributed by atoms with Gasteiger partial charge in [-0.15, -0.1) is 0 Å². The van der Waals surface area contributed by atoms with Crippen molar-refractivity contribution in [3.05, 3.63) is 27.8 Å². The van der Waals surface area contributed by atoms with Crippen LogP contribution in [0.5, 0.6) is 5.75 Å². The number of aryl methyl sites for hydroxylation is 1. The van der Waals surface area contributed by atoms with Gasteiger partial charge in [0.2, 0.25) is 0 Å². The first-order valence-corrected chi connectivity index (χ1v) is 5.93. The lowest BCUT2D eigenvalue weighted by Gasteiger charge is -2.15. The highest BCUT2D eigenvalue weighted by Crippen LogP contribution is 2.32. The normalized spacial score (nSPS) is 12.6. The first-order chi connectivity index (χ1) is 7.47. The molecule has 1 unspecified atom stereocenters. The van der Waals surface area contributed by atoms with Crippen LogP contribution >= 0.6 is 11.6 Å². The van der Waals surface area contributed by atoms with Crippen molar-refractivity contribution in [2.24, 2.45) is 5.73 Å². The van der Waals surface area contributed by atoms with Gasteiger partial charge in [0.25, 0.3) is 0 Å². The van der Waals surface area contributed by atoms with E-state index in [4.69, 9.17) is 22.1 Å². The van der Waals surface area contributed by atoms with E-state index in [2.05, 4.69) is 0 Å². The maximum atomic E-state index is 6.24. The summed E-state index contributed by atoms with van der Waals surface area (Å²) in [4.78, 5) is 0. The highest BCUT2D eigenvalue weighted by Gasteiger charge is 2.12. The molecule has 0 spiro atoms. The Bertz CT molecular complexity index is 375. The van der Waals surface area contributed by atoms with Crippen molar-refractivity contribution in [3.8, 4) is 5.75 Å². The molecule has 2 N–H and O–H groups in total. The summed E-state index contributed by atoms with van der Waals surface area (Å²) >= 11 is 6.24. The van der Waals surface area contributed by atoms with E-state index in [9.17, 15) is 0 Å². The Labute approximate surface area is 103 Å². The maximum Gasteiger partial charge on any atom is 0.122 e. The summed E-state index contributed by atoms with van der Waals surface area (Å²) in [6.07, 6.45) is 1.85. The summed E-state index contributed by atoms with van der Waals surface area (Å²) in [5, 5.41) is 0.834. The number of ether oxygens (including phenoxy) is 1. The zero-order valence-electron chi connectivity index (χ0n) is 10.4. The van der Waals surface area contributed by atoms with Crippen LogP contribution in [-0.4, -0.2) is 13.2 Å². The Morgan fingerprint density at radius 2 is 2.06 bits per heavy atom. The van der Waals surface area contributed by atoms with Crippen LogP contribution in [0.2, 0.25) is 5.02 Å². The predicted molar refractivity (Wildman–Crippen MR) is 69.4 cm³/mol. The van der Waals surface area contributed by atoms with Crippen molar-refractivity contribution in [2.75, 3.05) is 7.11 Å². The van der Waals surface area contributed by atoms with Crippen molar-refractivity contribution in [3.63, 3.8) is 0 Å². The van der Waals surface area contributed by atoms with Gasteiger partial charge in [0.05, 0.1) is 7.11 Å². The predicted octanol–water partition coefficient (Wildman–Crippen LogP) is 3.25. The van der Waals surface area contributed by atoms with E-state index in [0.717, 1.165) is 34.7 Å². The number of benzene rings is 1. The monoisotopic (exact) mass is 241 g/mol. The largest absolute Gasteiger partial charge is 0.496 e. The van der Waals surface area contributed by atoms with E-state index in [0.29, 0.717) is 0 Å². The van der Waals surface area contributed by atoms with Gasteiger partial charge in [-0.3, -0.25) is 0 Å². The molecule has 3 heteroatoms. The number of rotatable bonds is 4. The van der Waals surface area contributed by atoms with Gasteiger partial charge < -0.3 is 10.5 Å². The van der Waals surface area contributed by atoms with Crippen molar-refractivity contribution in [1.29, 1.82) is 0 Å². The Morgan fingerprint density at radius 3 is 2.56 bits per heavy atom. The average Bonchev–Trinajstić information content (AvgIpc) is 2.23. The molecule has 0 amide bonds. The zero-order chi connectivity index (χ0) is 12.3. The Balaban J connectivity index is 3.09. The minimum absolute atomic E-state index is 0.198. The van der Waals surface area contributed by atoms with Crippen LogP contribution in [-0.2, 0) is 6.42 Å². The fraction of sp³-hybridized carbons (Fsp3) is 0.538. The van der Waals surface area contributed by atoms with Crippen LogP contribution in [0.4, 0.5) is 0 Å². The van der Waals surface area contributed by atoms with E-state index < -0.39 is 0 Å². The average molecular weight is 242 g/mol. The van der Waals surface area contributed by atoms with Gasteiger partial charge in [0.15, 0.2) is 0 Å². The third kappa shape index (κ3) is 2.89. The summed E-state index contributed by atoms with van der Waals surface area (Å²) in [5.74, 6) is 0.917. The number of halogens is 1. The van der Waals surface area contributed by atoms with Crippen LogP contribution in [0, 0.1) is 13.8 Å². The molecule has 1 aromatic rings. The molecule has 0 radical (unpaired) electrons. The minimum Gasteiger partial charge on any atom is -0.496 e. The van der Waals surface area contributed by atoms with Gasteiger partial charge in [0, 0.05) is 11.1 Å². The van der Waals surface area contributed by atoms with Crippen molar-refractivity contribution in [2.45, 2.75) is 39.7 Å². The Morgan fingerprint density at radius 1 is 1.44 bits per heavy atom. The topological polar surface area (TPSA) is 35.2 Å². The second kappa shape index (κ2) is 5.55. The first-order valence-electron chi connectivity index (χ1n) is 5.55. The molecule has 0 saturated heterocycles. The minimum atomic E-state index is 0.198. The van der Waals surface area contributed by atoms with Gasteiger partial charge in [0.1, 0.15) is 5.75 Å². The molecule has 1 rings (SSSR count). The Kier molecular flexibility index (Phi) is 4.63. The molecule has 0 fully saturated rings. The first kappa shape index (κ1) is 13.3. The summed E-state index contributed by atoms with van der Waals surface area (Å²) in [7, 11) is 1.69. The van der Waals surface area contributed by atoms with Crippen LogP contribution < -0.4 is 10.5 Å². The van der Waals surface area contributed by atoms with E-state index in [1.165, 1.54) is 5.56 Å². The molecular formula is C13H20ClNO. The van der Waals surface area contributed by atoms with Gasteiger partial charge in [-0.25, -0.2) is 0 Å². The third-order valence-corrected chi connectivity index (χ3v) is 3.42. The number of hydrogen-bond acceptors (Lipinski definition) is 2. The highest BCUT2D eigenvalue weighted by molar-refractivity contribution is 6.32. The van der Waals surface area contributed by atoms with E-state index in [-0.39, 0.29) is 6.04 Å². The van der Waals surface area contributed by atoms with Gasteiger partial charge >= 0.3 is 0 Å². The van der Waals surface area contributed by atoms with Crippen LogP contribution in [0.3, 0.4) is 0 Å². The number of hydrogen-bond donors (Lipinski definition) is 1. The fourth-order valence-corrected chi connectivity index (χ4v) is 1.99. The molecule has 90 valence electrons. The Hall–Kier alpha value is -0.730. The van der Waals surface area contributed by atoms with Crippen LogP contribution in [0.1, 0.15) is 30.0 Å². The lowest BCUT2D eigenvalue weighted by atomic mass is 9.98. The number of methoxy groups -OCH3 is 1. The highest BCUT2D eigenvalue weighted by atomic mass is 35.5. The van der Waals surface area contributed by atoms with Crippen LogP contribution in [0.15, 0.2) is 6.07 Å². The maximum absolute atomic E-state index is 6.24. The third-order valence-electron chi connectivity index (χ3n) is 2.84. The van der Waals surface area contributed by atoms with Crippen molar-refractivity contribution < 1.29 is 4.74 Å². The molecule has 0 aliphatic heterocycles. The summed E-state index contributed by atoms with van der Waals surface area (Å²) in [6, 6.07) is 2.19. The fourth-order valence-electron chi connectivity index (χ4n) is 1.82. The number of nitrogens with two attached hydrogens (primary N) is 1. The lowest BCUT2D eigenvalue weighted by Crippen LogP contribution is -2.16. The quantitative estimate of drug-likeness (QED) is 0.878. The molecule has 0 saturated carbocycles. The molecule has 1 atom stereocenters. The van der Waals surface area contributed by atoms with Crippen LogP contribution in [0.25, 0.3) is 0 Å². The summed E-state index contributed by atoms with van der Waals surface area (Å²) in [5.41, 5.74) is 9.12.